The van der Waals surface area contributed by atoms with E-state index in [0.717, 1.165) is 11.5 Å². The van der Waals surface area contributed by atoms with Crippen molar-refractivity contribution in [3.63, 3.8) is 0 Å². The minimum atomic E-state index is 0. The molecule has 0 aliphatic rings. The summed E-state index contributed by atoms with van der Waals surface area (Å²) < 4.78 is 0. The number of anilines is 1. The Labute approximate surface area is 104 Å². The van der Waals surface area contributed by atoms with Crippen molar-refractivity contribution in [1.82, 2.24) is 9.97 Å². The van der Waals surface area contributed by atoms with Gasteiger partial charge < -0.3 is 12.7 Å². The summed E-state index contributed by atoms with van der Waals surface area (Å²) in [5, 5.41) is 2.92. The van der Waals surface area contributed by atoms with Gasteiger partial charge >= 0.3 is 0 Å². The van der Waals surface area contributed by atoms with Gasteiger partial charge in [0.05, 0.1) is 18.1 Å². The van der Waals surface area contributed by atoms with Crippen LogP contribution in [0.1, 0.15) is 25.5 Å². The summed E-state index contributed by atoms with van der Waals surface area (Å²) in [6.07, 6.45) is 3.55. The number of nitrogens with zero attached hydrogens (tertiary/aromatic N) is 2. The van der Waals surface area contributed by atoms with Crippen molar-refractivity contribution in [2.45, 2.75) is 19.8 Å². The summed E-state index contributed by atoms with van der Waals surface area (Å²) >= 11 is 0. The molecule has 0 aliphatic heterocycles. The third-order valence-corrected chi connectivity index (χ3v) is 1.52. The van der Waals surface area contributed by atoms with Crippen molar-refractivity contribution in [3.05, 3.63) is 25.5 Å². The molecule has 3 nitrogen and oxygen atoms in total. The van der Waals surface area contributed by atoms with E-state index in [2.05, 4.69) is 29.1 Å². The number of hydrogen-bond donors (Lipinski definition) is 1. The van der Waals surface area contributed by atoms with Crippen molar-refractivity contribution in [2.24, 2.45) is 0 Å². The molecule has 0 bridgehead atoms. The second-order valence-electron chi connectivity index (χ2n) is 2.73. The van der Waals surface area contributed by atoms with Crippen LogP contribution in [0.2, 0.25) is 0 Å². The summed E-state index contributed by atoms with van der Waals surface area (Å²) in [6.45, 7) is 4.20. The van der Waals surface area contributed by atoms with Crippen molar-refractivity contribution < 1.29 is 31.1 Å². The Bertz CT molecular complexity index is 221. The van der Waals surface area contributed by atoms with E-state index in [1.165, 1.54) is 0 Å². The first kappa shape index (κ1) is 15.4. The second kappa shape index (κ2) is 7.35. The SMILES string of the molecule is CNc1cnc(C(C)C)cn1.[CH3-].[U]. The van der Waals surface area contributed by atoms with Crippen LogP contribution in [0.3, 0.4) is 0 Å². The smallest absolute Gasteiger partial charge is 0.144 e. The normalized spacial score (nSPS) is 8.62. The van der Waals surface area contributed by atoms with Gasteiger partial charge in [-0.25, -0.2) is 4.98 Å². The first-order valence-electron chi connectivity index (χ1n) is 3.73. The van der Waals surface area contributed by atoms with Crippen LogP contribution in [0.5, 0.6) is 0 Å². The molecule has 1 aromatic rings. The summed E-state index contributed by atoms with van der Waals surface area (Å²) in [5.74, 6) is 1.27. The van der Waals surface area contributed by atoms with Crippen LogP contribution < -0.4 is 5.32 Å². The molecule has 0 amide bonds. The molecule has 0 atom stereocenters. The average molecular weight is 404 g/mol. The molecule has 1 aromatic heterocycles. The summed E-state index contributed by atoms with van der Waals surface area (Å²) in [4.78, 5) is 8.37. The maximum absolute atomic E-state index is 4.22. The van der Waals surface area contributed by atoms with Crippen LogP contribution in [0.15, 0.2) is 12.4 Å². The first-order valence-corrected chi connectivity index (χ1v) is 3.73. The minimum Gasteiger partial charge on any atom is -0.372 e. The number of rotatable bonds is 2. The third-order valence-electron chi connectivity index (χ3n) is 1.52. The summed E-state index contributed by atoms with van der Waals surface area (Å²) in [6, 6.07) is 0. The Hall–Kier alpha value is -0.0681. The fourth-order valence-corrected chi connectivity index (χ4v) is 0.765. The molecule has 0 aromatic carbocycles. The fraction of sp³-hybridized carbons (Fsp3) is 0.444. The van der Waals surface area contributed by atoms with Gasteiger partial charge in [-0.1, -0.05) is 13.8 Å². The number of nitrogens with one attached hydrogen (secondary N) is 1. The first-order chi connectivity index (χ1) is 5.24. The molecule has 0 radical (unpaired) electrons. The molecule has 1 N–H and O–H groups in total. The van der Waals surface area contributed by atoms with Gasteiger partial charge in [0.15, 0.2) is 0 Å². The minimum absolute atomic E-state index is 0. The van der Waals surface area contributed by atoms with E-state index in [1.807, 2.05) is 7.05 Å². The number of hydrogen-bond acceptors (Lipinski definition) is 3. The third kappa shape index (κ3) is 4.64. The van der Waals surface area contributed by atoms with Crippen LogP contribution in [-0.2, 0) is 0 Å². The Morgan fingerprint density at radius 1 is 1.23 bits per heavy atom. The maximum Gasteiger partial charge on any atom is 0.144 e. The average Bonchev–Trinajstić information content (AvgIpc) is 2.05. The summed E-state index contributed by atoms with van der Waals surface area (Å²) in [5.41, 5.74) is 1.03. The Kier molecular flexibility index (Phi) is 8.71. The number of aromatic nitrogens is 2. The molecule has 0 spiro atoms. The monoisotopic (exact) mass is 404 g/mol. The predicted octanol–water partition coefficient (Wildman–Crippen LogP) is 2.09. The van der Waals surface area contributed by atoms with Crippen LogP contribution in [-0.4, -0.2) is 17.0 Å². The van der Waals surface area contributed by atoms with Crippen molar-refractivity contribution in [3.8, 4) is 0 Å². The molecular formula is C9H16N3U-. The van der Waals surface area contributed by atoms with Gasteiger partial charge in [0, 0.05) is 38.2 Å². The van der Waals surface area contributed by atoms with E-state index in [4.69, 9.17) is 0 Å². The second-order valence-corrected chi connectivity index (χ2v) is 2.73. The zero-order valence-corrected chi connectivity index (χ0v) is 12.8. The van der Waals surface area contributed by atoms with Gasteiger partial charge in [-0.3, -0.25) is 4.98 Å². The van der Waals surface area contributed by atoms with Crippen molar-refractivity contribution >= 4 is 5.82 Å². The molecule has 72 valence electrons. The Morgan fingerprint density at radius 2 is 1.85 bits per heavy atom. The van der Waals surface area contributed by atoms with Gasteiger partial charge in [0.1, 0.15) is 5.82 Å². The van der Waals surface area contributed by atoms with Crippen LogP contribution >= 0.6 is 0 Å². The quantitative estimate of drug-likeness (QED) is 0.768. The molecule has 0 unspecified atom stereocenters. The van der Waals surface area contributed by atoms with Crippen LogP contribution in [0.25, 0.3) is 0 Å². The standard InChI is InChI=1S/C8H13N3.CH3.U/c1-6(2)7-4-11-8(9-3)5-10-7;;/h4-6H,1-3H3,(H,9,11);1H3;/q;-1;. The molecule has 0 saturated heterocycles. The zero-order valence-electron chi connectivity index (χ0n) is 8.63. The summed E-state index contributed by atoms with van der Waals surface area (Å²) in [7, 11) is 1.83. The Morgan fingerprint density at radius 3 is 2.15 bits per heavy atom. The van der Waals surface area contributed by atoms with E-state index in [0.29, 0.717) is 5.92 Å². The van der Waals surface area contributed by atoms with Gasteiger partial charge in [-0.15, -0.1) is 0 Å². The van der Waals surface area contributed by atoms with Crippen molar-refractivity contribution in [2.75, 3.05) is 12.4 Å². The van der Waals surface area contributed by atoms with Crippen LogP contribution in [0.4, 0.5) is 5.82 Å². The molecule has 0 saturated carbocycles. The van der Waals surface area contributed by atoms with Gasteiger partial charge in [-0.05, 0) is 5.92 Å². The van der Waals surface area contributed by atoms with E-state index in [-0.39, 0.29) is 38.5 Å². The van der Waals surface area contributed by atoms with E-state index in [1.54, 1.807) is 12.4 Å². The van der Waals surface area contributed by atoms with E-state index < -0.39 is 0 Å². The predicted molar refractivity (Wildman–Crippen MR) is 52.1 cm³/mol. The molecule has 0 fully saturated rings. The van der Waals surface area contributed by atoms with Crippen molar-refractivity contribution in [1.29, 1.82) is 0 Å². The molecule has 1 rings (SSSR count). The molecule has 4 heteroatoms. The molecular weight excluding hydrogens is 388 g/mol. The van der Waals surface area contributed by atoms with Gasteiger partial charge in [0.2, 0.25) is 0 Å². The topological polar surface area (TPSA) is 37.8 Å². The fourth-order valence-electron chi connectivity index (χ4n) is 0.765. The molecule has 13 heavy (non-hydrogen) atoms. The van der Waals surface area contributed by atoms with Gasteiger partial charge in [0.25, 0.3) is 0 Å². The maximum atomic E-state index is 4.22. The molecule has 1 heterocycles. The van der Waals surface area contributed by atoms with Gasteiger partial charge in [-0.2, -0.15) is 0 Å². The largest absolute Gasteiger partial charge is 0.372 e. The Balaban J connectivity index is 0. The van der Waals surface area contributed by atoms with E-state index >= 15 is 0 Å². The molecule has 0 aliphatic carbocycles. The van der Waals surface area contributed by atoms with E-state index in [9.17, 15) is 0 Å². The zero-order chi connectivity index (χ0) is 8.27. The van der Waals surface area contributed by atoms with Crippen LogP contribution in [0, 0.1) is 38.5 Å².